The van der Waals surface area contributed by atoms with Gasteiger partial charge in [-0.25, -0.2) is 4.79 Å². The first-order chi connectivity index (χ1) is 12.7. The van der Waals surface area contributed by atoms with Crippen molar-refractivity contribution in [2.75, 3.05) is 20.3 Å². The summed E-state index contributed by atoms with van der Waals surface area (Å²) in [6.07, 6.45) is 1.70. The molecular weight excluding hydrogens is 336 g/mol. The van der Waals surface area contributed by atoms with E-state index in [1.165, 1.54) is 7.11 Å². The number of hydrogen-bond acceptors (Lipinski definition) is 6. The highest BCUT2D eigenvalue weighted by Crippen LogP contribution is 2.20. The van der Waals surface area contributed by atoms with Gasteiger partial charge in [0.25, 0.3) is 0 Å². The van der Waals surface area contributed by atoms with Crippen molar-refractivity contribution >= 4 is 16.7 Å². The van der Waals surface area contributed by atoms with Crippen LogP contribution in [0.2, 0.25) is 0 Å². The average Bonchev–Trinajstić information content (AvgIpc) is 2.68. The fourth-order valence-electron chi connectivity index (χ4n) is 2.40. The van der Waals surface area contributed by atoms with Crippen LogP contribution in [-0.4, -0.2) is 26.3 Å². The lowest BCUT2D eigenvalue weighted by Gasteiger charge is -2.08. The summed E-state index contributed by atoms with van der Waals surface area (Å²) in [5, 5.41) is 2.27. The Balaban J connectivity index is 1.48. The molecule has 6 nitrogen and oxygen atoms in total. The predicted octanol–water partition coefficient (Wildman–Crippen LogP) is 3.43. The normalized spacial score (nSPS) is 10.5. The maximum Gasteiger partial charge on any atom is 0.374 e. The summed E-state index contributed by atoms with van der Waals surface area (Å²) in [5.74, 6) is -0.0454. The summed E-state index contributed by atoms with van der Waals surface area (Å²) in [4.78, 5) is 23.1. The average molecular weight is 354 g/mol. The van der Waals surface area contributed by atoms with Crippen molar-refractivity contribution in [3.05, 3.63) is 70.8 Å². The van der Waals surface area contributed by atoms with E-state index in [0.717, 1.165) is 28.9 Å². The SMILES string of the molecule is COC(=O)c1cc(=O)c(OCCCOc2ccc3ccccc3c2)co1. The minimum Gasteiger partial charge on any atom is -0.493 e. The lowest BCUT2D eigenvalue weighted by molar-refractivity contribution is 0.0561. The Morgan fingerprint density at radius 2 is 1.77 bits per heavy atom. The van der Waals surface area contributed by atoms with Crippen molar-refractivity contribution in [3.63, 3.8) is 0 Å². The molecule has 2 aromatic carbocycles. The number of hydrogen-bond donors (Lipinski definition) is 0. The smallest absolute Gasteiger partial charge is 0.374 e. The summed E-state index contributed by atoms with van der Waals surface area (Å²) < 4.78 is 20.6. The number of benzene rings is 2. The maximum atomic E-state index is 11.8. The van der Waals surface area contributed by atoms with Crippen molar-refractivity contribution in [2.45, 2.75) is 6.42 Å². The summed E-state index contributed by atoms with van der Waals surface area (Å²) >= 11 is 0. The van der Waals surface area contributed by atoms with E-state index in [1.807, 2.05) is 42.5 Å². The van der Waals surface area contributed by atoms with Gasteiger partial charge in [0.05, 0.1) is 20.3 Å². The van der Waals surface area contributed by atoms with Gasteiger partial charge in [0.15, 0.2) is 0 Å². The topological polar surface area (TPSA) is 75.0 Å². The van der Waals surface area contributed by atoms with Gasteiger partial charge in [-0.1, -0.05) is 30.3 Å². The summed E-state index contributed by atoms with van der Waals surface area (Å²) in [5.41, 5.74) is -0.438. The Kier molecular flexibility index (Phi) is 5.53. The zero-order valence-electron chi connectivity index (χ0n) is 14.3. The Labute approximate surface area is 149 Å². The van der Waals surface area contributed by atoms with Gasteiger partial charge in [0.1, 0.15) is 12.0 Å². The zero-order valence-corrected chi connectivity index (χ0v) is 14.3. The van der Waals surface area contributed by atoms with Crippen molar-refractivity contribution in [1.82, 2.24) is 0 Å². The Hall–Kier alpha value is -3.28. The van der Waals surface area contributed by atoms with Crippen LogP contribution in [-0.2, 0) is 4.74 Å². The third kappa shape index (κ3) is 4.22. The third-order valence-electron chi connectivity index (χ3n) is 3.72. The second kappa shape index (κ2) is 8.20. The molecule has 0 bridgehead atoms. The molecule has 0 aliphatic carbocycles. The number of methoxy groups -OCH3 is 1. The zero-order chi connectivity index (χ0) is 18.4. The van der Waals surface area contributed by atoms with Crippen LogP contribution in [0.3, 0.4) is 0 Å². The van der Waals surface area contributed by atoms with E-state index >= 15 is 0 Å². The molecule has 1 aromatic heterocycles. The van der Waals surface area contributed by atoms with Gasteiger partial charge in [-0.3, -0.25) is 4.79 Å². The minimum atomic E-state index is -0.711. The van der Waals surface area contributed by atoms with Crippen LogP contribution < -0.4 is 14.9 Å². The fourth-order valence-corrected chi connectivity index (χ4v) is 2.40. The van der Waals surface area contributed by atoms with Crippen LogP contribution in [0.5, 0.6) is 11.5 Å². The van der Waals surface area contributed by atoms with Gasteiger partial charge < -0.3 is 18.6 Å². The van der Waals surface area contributed by atoms with Crippen molar-refractivity contribution in [2.24, 2.45) is 0 Å². The molecule has 134 valence electrons. The van der Waals surface area contributed by atoms with E-state index in [-0.39, 0.29) is 18.1 Å². The second-order valence-corrected chi connectivity index (χ2v) is 5.52. The summed E-state index contributed by atoms with van der Waals surface area (Å²) in [7, 11) is 1.21. The maximum absolute atomic E-state index is 11.8. The lowest BCUT2D eigenvalue weighted by Crippen LogP contribution is -2.13. The third-order valence-corrected chi connectivity index (χ3v) is 3.72. The highest BCUT2D eigenvalue weighted by Gasteiger charge is 2.11. The van der Waals surface area contributed by atoms with Crippen LogP contribution in [0.15, 0.2) is 64.0 Å². The van der Waals surface area contributed by atoms with E-state index in [4.69, 9.17) is 13.9 Å². The van der Waals surface area contributed by atoms with Gasteiger partial charge in [0.2, 0.25) is 16.9 Å². The first kappa shape index (κ1) is 17.5. The Morgan fingerprint density at radius 3 is 2.54 bits per heavy atom. The monoisotopic (exact) mass is 354 g/mol. The first-order valence-corrected chi connectivity index (χ1v) is 8.13. The van der Waals surface area contributed by atoms with E-state index in [0.29, 0.717) is 13.0 Å². The van der Waals surface area contributed by atoms with Crippen LogP contribution >= 0.6 is 0 Å². The van der Waals surface area contributed by atoms with Crippen molar-refractivity contribution in [3.8, 4) is 11.5 Å². The Morgan fingerprint density at radius 1 is 1.00 bits per heavy atom. The molecule has 0 aliphatic heterocycles. The molecule has 0 atom stereocenters. The molecule has 26 heavy (non-hydrogen) atoms. The predicted molar refractivity (Wildman–Crippen MR) is 95.9 cm³/mol. The highest BCUT2D eigenvalue weighted by atomic mass is 16.5. The number of rotatable bonds is 7. The molecule has 0 saturated carbocycles. The largest absolute Gasteiger partial charge is 0.493 e. The summed E-state index contributed by atoms with van der Waals surface area (Å²) in [6, 6.07) is 15.0. The van der Waals surface area contributed by atoms with E-state index in [2.05, 4.69) is 4.74 Å². The van der Waals surface area contributed by atoms with Gasteiger partial charge in [-0.2, -0.15) is 0 Å². The molecule has 0 amide bonds. The van der Waals surface area contributed by atoms with Crippen molar-refractivity contribution < 1.29 is 23.4 Å². The number of carbonyl (C=O) groups excluding carboxylic acids is 1. The van der Waals surface area contributed by atoms with Gasteiger partial charge in [0, 0.05) is 12.5 Å². The van der Waals surface area contributed by atoms with Gasteiger partial charge in [-0.15, -0.1) is 0 Å². The van der Waals surface area contributed by atoms with Crippen LogP contribution in [0.4, 0.5) is 0 Å². The molecular formula is C20H18O6. The quantitative estimate of drug-likeness (QED) is 0.478. The molecule has 0 spiro atoms. The number of carbonyl (C=O) groups is 1. The van der Waals surface area contributed by atoms with E-state index < -0.39 is 11.4 Å². The Bertz CT molecular complexity index is 960. The lowest BCUT2D eigenvalue weighted by atomic mass is 10.1. The molecule has 0 radical (unpaired) electrons. The second-order valence-electron chi connectivity index (χ2n) is 5.52. The van der Waals surface area contributed by atoms with E-state index in [1.54, 1.807) is 0 Å². The minimum absolute atomic E-state index is 0.0448. The first-order valence-electron chi connectivity index (χ1n) is 8.13. The van der Waals surface area contributed by atoms with E-state index in [9.17, 15) is 9.59 Å². The van der Waals surface area contributed by atoms with Crippen molar-refractivity contribution in [1.29, 1.82) is 0 Å². The molecule has 3 aromatic rings. The number of fused-ring (bicyclic) bond motifs is 1. The highest BCUT2D eigenvalue weighted by molar-refractivity contribution is 5.86. The number of ether oxygens (including phenoxy) is 3. The van der Waals surface area contributed by atoms with Gasteiger partial charge >= 0.3 is 5.97 Å². The van der Waals surface area contributed by atoms with Crippen LogP contribution in [0.25, 0.3) is 10.8 Å². The fraction of sp³-hybridized carbons (Fsp3) is 0.200. The molecule has 0 unspecified atom stereocenters. The summed E-state index contributed by atoms with van der Waals surface area (Å²) in [6.45, 7) is 0.736. The molecule has 6 heteroatoms. The molecule has 0 aliphatic rings. The molecule has 3 rings (SSSR count). The molecule has 0 N–H and O–H groups in total. The standard InChI is InChI=1S/C20H18O6/c1-23-20(22)18-12-17(21)19(13-26-18)25-10-4-9-24-16-8-7-14-5-2-3-6-15(14)11-16/h2-3,5-8,11-13H,4,9-10H2,1H3. The number of esters is 1. The van der Waals surface area contributed by atoms with Gasteiger partial charge in [-0.05, 0) is 22.9 Å². The van der Waals surface area contributed by atoms with Crippen LogP contribution in [0, 0.1) is 0 Å². The van der Waals surface area contributed by atoms with Crippen LogP contribution in [0.1, 0.15) is 17.0 Å². The molecule has 0 saturated heterocycles. The molecule has 0 fully saturated rings. The molecule has 1 heterocycles.